The Kier molecular flexibility index (Phi) is 13.9. The molecule has 2 aromatic carbocycles. The Hall–Kier alpha value is -2.56. The Morgan fingerprint density at radius 3 is 1.16 bits per heavy atom. The van der Waals surface area contributed by atoms with E-state index in [9.17, 15) is 0 Å². The van der Waals surface area contributed by atoms with Crippen LogP contribution in [0.1, 0.15) is 92.9 Å². The first-order chi connectivity index (χ1) is 21.3. The lowest BCUT2D eigenvalue weighted by molar-refractivity contribution is 0.275. The summed E-state index contributed by atoms with van der Waals surface area (Å²) in [6.07, 6.45) is 10.1. The van der Waals surface area contributed by atoms with Crippen molar-refractivity contribution in [2.45, 2.75) is 92.9 Å². The molecular formula is C40H54O2S2. The first-order valence-corrected chi connectivity index (χ1v) is 18.6. The van der Waals surface area contributed by atoms with Gasteiger partial charge in [0.2, 0.25) is 0 Å². The van der Waals surface area contributed by atoms with Crippen LogP contribution in [-0.4, -0.2) is 13.2 Å². The van der Waals surface area contributed by atoms with Gasteiger partial charge in [-0.05, 0) is 120 Å². The highest BCUT2D eigenvalue weighted by molar-refractivity contribution is 7.25. The molecule has 0 amide bonds. The lowest BCUT2D eigenvalue weighted by atomic mass is 9.98. The highest BCUT2D eigenvalue weighted by Gasteiger charge is 2.11. The van der Waals surface area contributed by atoms with Crippen molar-refractivity contribution in [1.82, 2.24) is 0 Å². The molecular weight excluding hydrogens is 577 g/mol. The van der Waals surface area contributed by atoms with Gasteiger partial charge in [0, 0.05) is 19.5 Å². The standard InChI is InChI=1S/C40H54O2S2/c1-29(2)9-7-11-31(5)25-27-41-35-17-13-33(14-18-35)37-21-23-39(43-37)40-24-22-38(44-40)34-15-19-36(20-16-34)42-28-26-32(6)12-8-10-30(3)4/h13-24,29-32H,7-12,25-28H2,1-6H3/t31-,32-/m0/s1. The quantitative estimate of drug-likeness (QED) is 0.103. The minimum atomic E-state index is 0.719. The Morgan fingerprint density at radius 2 is 0.795 bits per heavy atom. The van der Waals surface area contributed by atoms with Gasteiger partial charge < -0.3 is 9.47 Å². The van der Waals surface area contributed by atoms with E-state index in [-0.39, 0.29) is 0 Å². The smallest absolute Gasteiger partial charge is 0.119 e. The third-order valence-corrected chi connectivity index (χ3v) is 10.9. The van der Waals surface area contributed by atoms with Crippen LogP contribution in [0.25, 0.3) is 30.6 Å². The number of benzene rings is 2. The summed E-state index contributed by atoms with van der Waals surface area (Å²) in [6.45, 7) is 15.5. The molecule has 2 nitrogen and oxygen atoms in total. The predicted molar refractivity (Wildman–Crippen MR) is 194 cm³/mol. The van der Waals surface area contributed by atoms with Crippen LogP contribution in [0.15, 0.2) is 72.8 Å². The van der Waals surface area contributed by atoms with Crippen LogP contribution in [0.4, 0.5) is 0 Å². The van der Waals surface area contributed by atoms with Crippen LogP contribution in [0, 0.1) is 23.7 Å². The van der Waals surface area contributed by atoms with Gasteiger partial charge >= 0.3 is 0 Å². The first kappa shape index (κ1) is 34.3. The summed E-state index contributed by atoms with van der Waals surface area (Å²) in [7, 11) is 0. The predicted octanol–water partition coefficient (Wildman–Crippen LogP) is 13.3. The maximum atomic E-state index is 6.07. The van der Waals surface area contributed by atoms with Gasteiger partial charge in [-0.2, -0.15) is 0 Å². The molecule has 4 rings (SSSR count). The maximum absolute atomic E-state index is 6.07. The van der Waals surface area contributed by atoms with Crippen molar-refractivity contribution in [1.29, 1.82) is 0 Å². The molecule has 0 radical (unpaired) electrons. The molecule has 238 valence electrons. The Morgan fingerprint density at radius 1 is 0.432 bits per heavy atom. The van der Waals surface area contributed by atoms with Gasteiger partial charge in [0.1, 0.15) is 11.5 Å². The highest BCUT2D eigenvalue weighted by atomic mass is 32.1. The lowest BCUT2D eigenvalue weighted by Gasteiger charge is -2.13. The van der Waals surface area contributed by atoms with Crippen LogP contribution < -0.4 is 9.47 Å². The van der Waals surface area contributed by atoms with Gasteiger partial charge in [0.05, 0.1) is 13.2 Å². The van der Waals surface area contributed by atoms with E-state index in [1.54, 1.807) is 0 Å². The second-order valence-electron chi connectivity index (χ2n) is 13.5. The zero-order valence-electron chi connectivity index (χ0n) is 27.9. The van der Waals surface area contributed by atoms with Gasteiger partial charge in [-0.3, -0.25) is 0 Å². The van der Waals surface area contributed by atoms with Crippen molar-refractivity contribution in [2.24, 2.45) is 23.7 Å². The fourth-order valence-electron chi connectivity index (χ4n) is 5.48. The summed E-state index contributed by atoms with van der Waals surface area (Å²) >= 11 is 3.71. The summed E-state index contributed by atoms with van der Waals surface area (Å²) in [5.74, 6) is 4.97. The summed E-state index contributed by atoms with van der Waals surface area (Å²) < 4.78 is 12.1. The number of hydrogen-bond donors (Lipinski definition) is 0. The van der Waals surface area contributed by atoms with Gasteiger partial charge in [-0.15, -0.1) is 22.7 Å². The summed E-state index contributed by atoms with van der Waals surface area (Å²) in [5, 5.41) is 0. The average Bonchev–Trinajstić information content (AvgIpc) is 3.68. The van der Waals surface area contributed by atoms with E-state index in [0.717, 1.165) is 61.2 Å². The molecule has 2 aromatic heterocycles. The van der Waals surface area contributed by atoms with Gasteiger partial charge in [0.25, 0.3) is 0 Å². The van der Waals surface area contributed by atoms with Crippen molar-refractivity contribution in [3.63, 3.8) is 0 Å². The van der Waals surface area contributed by atoms with E-state index < -0.39 is 0 Å². The van der Waals surface area contributed by atoms with E-state index in [1.807, 2.05) is 22.7 Å². The Bertz CT molecular complexity index is 1240. The fraction of sp³-hybridized carbons (Fsp3) is 0.500. The van der Waals surface area contributed by atoms with Crippen LogP contribution in [0.5, 0.6) is 11.5 Å². The summed E-state index contributed by atoms with van der Waals surface area (Å²) in [5.41, 5.74) is 2.49. The first-order valence-electron chi connectivity index (χ1n) is 16.9. The molecule has 2 atom stereocenters. The third-order valence-electron chi connectivity index (χ3n) is 8.45. The van der Waals surface area contributed by atoms with Gasteiger partial charge in [0.15, 0.2) is 0 Å². The zero-order valence-corrected chi connectivity index (χ0v) is 29.6. The third kappa shape index (κ3) is 11.4. The van der Waals surface area contributed by atoms with Crippen LogP contribution in [-0.2, 0) is 0 Å². The number of rotatable bonds is 19. The second kappa shape index (κ2) is 17.8. The SMILES string of the molecule is CC(C)CCC[C@H](C)CCOc1ccc(-c2ccc(-c3ccc(-c4ccc(OCC[C@@H](C)CCCC(C)C)cc4)s3)s2)cc1. The normalized spacial score (nSPS) is 13.0. The molecule has 0 N–H and O–H groups in total. The molecule has 0 aliphatic rings. The molecule has 0 spiro atoms. The molecule has 4 heteroatoms. The summed E-state index contributed by atoms with van der Waals surface area (Å²) in [4.78, 5) is 5.20. The van der Waals surface area contributed by atoms with E-state index in [2.05, 4.69) is 114 Å². The zero-order chi connectivity index (χ0) is 31.3. The average molecular weight is 631 g/mol. The van der Waals surface area contributed by atoms with E-state index >= 15 is 0 Å². The molecule has 0 aliphatic heterocycles. The summed E-state index contributed by atoms with van der Waals surface area (Å²) in [6, 6.07) is 26.2. The Balaban J connectivity index is 1.23. The highest BCUT2D eigenvalue weighted by Crippen LogP contribution is 2.40. The van der Waals surface area contributed by atoms with Crippen molar-refractivity contribution in [3.05, 3.63) is 72.8 Å². The van der Waals surface area contributed by atoms with E-state index in [0.29, 0.717) is 0 Å². The van der Waals surface area contributed by atoms with Crippen LogP contribution in [0.3, 0.4) is 0 Å². The fourth-order valence-corrected chi connectivity index (χ4v) is 7.59. The van der Waals surface area contributed by atoms with Crippen LogP contribution in [0.2, 0.25) is 0 Å². The van der Waals surface area contributed by atoms with E-state index in [1.165, 1.54) is 69.2 Å². The minimum absolute atomic E-state index is 0.719. The number of thiophene rings is 2. The molecule has 4 aromatic rings. The molecule has 0 fully saturated rings. The molecule has 0 saturated heterocycles. The molecule has 0 aliphatic carbocycles. The maximum Gasteiger partial charge on any atom is 0.119 e. The van der Waals surface area contributed by atoms with Crippen molar-refractivity contribution >= 4 is 22.7 Å². The minimum Gasteiger partial charge on any atom is -0.494 e. The number of ether oxygens (including phenoxy) is 2. The number of hydrogen-bond acceptors (Lipinski definition) is 4. The molecule has 0 unspecified atom stereocenters. The topological polar surface area (TPSA) is 18.5 Å². The lowest BCUT2D eigenvalue weighted by Crippen LogP contribution is -2.04. The largest absolute Gasteiger partial charge is 0.494 e. The van der Waals surface area contributed by atoms with Crippen molar-refractivity contribution < 1.29 is 9.47 Å². The van der Waals surface area contributed by atoms with Gasteiger partial charge in [-0.25, -0.2) is 0 Å². The molecule has 2 heterocycles. The van der Waals surface area contributed by atoms with Crippen LogP contribution >= 0.6 is 22.7 Å². The monoisotopic (exact) mass is 630 g/mol. The van der Waals surface area contributed by atoms with Crippen molar-refractivity contribution in [3.8, 4) is 42.1 Å². The molecule has 44 heavy (non-hydrogen) atoms. The van der Waals surface area contributed by atoms with Gasteiger partial charge in [-0.1, -0.05) is 80.1 Å². The molecule has 0 saturated carbocycles. The second-order valence-corrected chi connectivity index (χ2v) is 15.7. The van der Waals surface area contributed by atoms with E-state index in [4.69, 9.17) is 9.47 Å². The van der Waals surface area contributed by atoms with Crippen molar-refractivity contribution in [2.75, 3.05) is 13.2 Å². The Labute approximate surface area is 275 Å². The molecule has 0 bridgehead atoms.